The Balaban J connectivity index is 1.78. The molecule has 4 heteroatoms. The van der Waals surface area contributed by atoms with Gasteiger partial charge in [-0.25, -0.2) is 0 Å². The molecule has 0 radical (unpaired) electrons. The average Bonchev–Trinajstić information content (AvgIpc) is 2.36. The van der Waals surface area contributed by atoms with E-state index >= 15 is 0 Å². The maximum atomic E-state index is 10.1. The molecule has 2 N–H and O–H groups in total. The third kappa shape index (κ3) is 4.47. The fraction of sp³-hybridized carbons (Fsp3) is 0.625. The Morgan fingerprint density at radius 2 is 1.95 bits per heavy atom. The fourth-order valence-corrected chi connectivity index (χ4v) is 2.85. The van der Waals surface area contributed by atoms with Crippen molar-refractivity contribution in [3.8, 4) is 5.75 Å². The van der Waals surface area contributed by atoms with Gasteiger partial charge in [0.05, 0.1) is 0 Å². The van der Waals surface area contributed by atoms with E-state index in [1.54, 1.807) is 0 Å². The second-order valence-electron chi connectivity index (χ2n) is 5.85. The molecule has 20 heavy (non-hydrogen) atoms. The molecule has 2 rings (SSSR count). The van der Waals surface area contributed by atoms with Gasteiger partial charge in [0.2, 0.25) is 0 Å². The minimum absolute atomic E-state index is 0.262. The van der Waals surface area contributed by atoms with E-state index in [0.29, 0.717) is 13.2 Å². The molecule has 1 aliphatic heterocycles. The van der Waals surface area contributed by atoms with Crippen LogP contribution < -0.4 is 9.64 Å². The molecule has 4 atom stereocenters. The number of quaternary nitrogens is 1. The molecule has 0 aliphatic carbocycles. The molecule has 112 valence electrons. The van der Waals surface area contributed by atoms with E-state index in [1.165, 1.54) is 4.90 Å². The van der Waals surface area contributed by atoms with Crippen LogP contribution >= 0.6 is 0 Å². The molecular weight excluding hydrogens is 254 g/mol. The topological polar surface area (TPSA) is 43.1 Å². The van der Waals surface area contributed by atoms with Crippen LogP contribution in [0.25, 0.3) is 0 Å². The normalized spacial score (nSPS) is 28.1. The maximum Gasteiger partial charge on any atom is 0.137 e. The number of nitrogens with one attached hydrogen (secondary N) is 1. The third-order valence-electron chi connectivity index (χ3n) is 3.67. The molecule has 0 bridgehead atoms. The van der Waals surface area contributed by atoms with E-state index in [2.05, 4.69) is 13.8 Å². The van der Waals surface area contributed by atoms with Crippen LogP contribution in [0.4, 0.5) is 0 Å². The van der Waals surface area contributed by atoms with E-state index in [-0.39, 0.29) is 12.2 Å². The van der Waals surface area contributed by atoms with Gasteiger partial charge in [-0.2, -0.15) is 0 Å². The zero-order chi connectivity index (χ0) is 14.5. The minimum Gasteiger partial charge on any atom is -0.490 e. The van der Waals surface area contributed by atoms with Gasteiger partial charge in [-0.05, 0) is 32.4 Å². The van der Waals surface area contributed by atoms with Crippen LogP contribution in [0.3, 0.4) is 0 Å². The van der Waals surface area contributed by atoms with Crippen molar-refractivity contribution in [2.75, 3.05) is 26.2 Å². The molecule has 1 aliphatic rings. The summed E-state index contributed by atoms with van der Waals surface area (Å²) in [7, 11) is 0. The zero-order valence-corrected chi connectivity index (χ0v) is 12.6. The highest BCUT2D eigenvalue weighted by Crippen LogP contribution is 2.16. The van der Waals surface area contributed by atoms with Crippen LogP contribution in [-0.2, 0) is 4.74 Å². The van der Waals surface area contributed by atoms with Gasteiger partial charge in [0.25, 0.3) is 0 Å². The quantitative estimate of drug-likeness (QED) is 0.822. The zero-order valence-electron chi connectivity index (χ0n) is 12.6. The summed E-state index contributed by atoms with van der Waals surface area (Å²) in [5.41, 5.74) is 1.10. The Kier molecular flexibility index (Phi) is 5.40. The number of aliphatic hydroxyl groups is 1. The molecule has 4 nitrogen and oxygen atoms in total. The molecule has 1 unspecified atom stereocenters. The van der Waals surface area contributed by atoms with Crippen molar-refractivity contribution in [2.45, 2.75) is 39.1 Å². The second-order valence-corrected chi connectivity index (χ2v) is 5.85. The lowest BCUT2D eigenvalue weighted by molar-refractivity contribution is -0.918. The van der Waals surface area contributed by atoms with Gasteiger partial charge in [-0.3, -0.25) is 0 Å². The van der Waals surface area contributed by atoms with Crippen LogP contribution in [0, 0.1) is 6.92 Å². The molecular formula is C16H26NO3+. The van der Waals surface area contributed by atoms with Gasteiger partial charge in [0, 0.05) is 0 Å². The maximum absolute atomic E-state index is 10.1. The fourth-order valence-electron chi connectivity index (χ4n) is 2.85. The standard InChI is InChI=1S/C16H25NO3/c1-12-6-4-5-7-16(12)19-11-15(18)10-17-8-13(2)20-14(3)9-17/h4-7,13-15,18H,8-11H2,1-3H3/p+1/t13-,14+,15-/m1/s1. The summed E-state index contributed by atoms with van der Waals surface area (Å²) in [5.74, 6) is 0.852. The van der Waals surface area contributed by atoms with Crippen LogP contribution in [0.2, 0.25) is 0 Å². The number of ether oxygens (including phenoxy) is 2. The first kappa shape index (κ1) is 15.3. The smallest absolute Gasteiger partial charge is 0.137 e. The molecule has 1 aromatic carbocycles. The monoisotopic (exact) mass is 280 g/mol. The molecule has 0 saturated carbocycles. The first-order chi connectivity index (χ1) is 9.54. The lowest BCUT2D eigenvalue weighted by Gasteiger charge is -2.33. The van der Waals surface area contributed by atoms with Gasteiger partial charge in [-0.15, -0.1) is 0 Å². The summed E-state index contributed by atoms with van der Waals surface area (Å²) >= 11 is 0. The highest BCUT2D eigenvalue weighted by Gasteiger charge is 2.27. The SMILES string of the molecule is Cc1ccccc1OC[C@H](O)C[NH+]1C[C@@H](C)O[C@@H](C)C1. The van der Waals surface area contributed by atoms with Crippen LogP contribution in [0.1, 0.15) is 19.4 Å². The predicted octanol–water partition coefficient (Wildman–Crippen LogP) is 0.427. The number of para-hydroxylation sites is 1. The summed E-state index contributed by atoms with van der Waals surface area (Å²) in [6.45, 7) is 9.15. The summed E-state index contributed by atoms with van der Waals surface area (Å²) in [6.07, 6.45) is 0.0820. The van der Waals surface area contributed by atoms with Crippen molar-refractivity contribution in [2.24, 2.45) is 0 Å². The van der Waals surface area contributed by atoms with Crippen molar-refractivity contribution in [3.05, 3.63) is 29.8 Å². The number of hydrogen-bond acceptors (Lipinski definition) is 3. The molecule has 1 saturated heterocycles. The molecule has 1 aromatic rings. The van der Waals surface area contributed by atoms with Crippen molar-refractivity contribution in [3.63, 3.8) is 0 Å². The number of aliphatic hydroxyl groups excluding tert-OH is 1. The molecule has 1 fully saturated rings. The Hall–Kier alpha value is -1.10. The minimum atomic E-state index is -0.442. The van der Waals surface area contributed by atoms with Gasteiger partial charge in [0.15, 0.2) is 0 Å². The van der Waals surface area contributed by atoms with Crippen LogP contribution in [0.5, 0.6) is 5.75 Å². The van der Waals surface area contributed by atoms with E-state index in [0.717, 1.165) is 24.4 Å². The highest BCUT2D eigenvalue weighted by molar-refractivity contribution is 5.31. The van der Waals surface area contributed by atoms with Gasteiger partial charge < -0.3 is 19.5 Å². The summed E-state index contributed by atoms with van der Waals surface area (Å²) in [4.78, 5) is 1.39. The predicted molar refractivity (Wildman–Crippen MR) is 78.3 cm³/mol. The second kappa shape index (κ2) is 7.07. The van der Waals surface area contributed by atoms with Crippen LogP contribution in [-0.4, -0.2) is 49.7 Å². The molecule has 0 amide bonds. The van der Waals surface area contributed by atoms with E-state index in [1.807, 2.05) is 31.2 Å². The van der Waals surface area contributed by atoms with E-state index < -0.39 is 6.10 Å². The van der Waals surface area contributed by atoms with Crippen molar-refractivity contribution >= 4 is 0 Å². The van der Waals surface area contributed by atoms with Gasteiger partial charge in [-0.1, -0.05) is 18.2 Å². The highest BCUT2D eigenvalue weighted by atomic mass is 16.5. The Morgan fingerprint density at radius 1 is 1.30 bits per heavy atom. The largest absolute Gasteiger partial charge is 0.490 e. The first-order valence-corrected chi connectivity index (χ1v) is 7.40. The summed E-state index contributed by atoms with van der Waals surface area (Å²) in [6, 6.07) is 7.89. The third-order valence-corrected chi connectivity index (χ3v) is 3.67. The van der Waals surface area contributed by atoms with E-state index in [9.17, 15) is 5.11 Å². The molecule has 0 aromatic heterocycles. The number of rotatable bonds is 5. The summed E-state index contributed by atoms with van der Waals surface area (Å²) in [5, 5.41) is 10.1. The Labute approximate surface area is 121 Å². The van der Waals surface area contributed by atoms with Crippen molar-refractivity contribution in [1.29, 1.82) is 0 Å². The van der Waals surface area contributed by atoms with Gasteiger partial charge in [0.1, 0.15) is 50.3 Å². The number of morpholine rings is 1. The number of aryl methyl sites for hydroxylation is 1. The number of hydrogen-bond donors (Lipinski definition) is 2. The van der Waals surface area contributed by atoms with E-state index in [4.69, 9.17) is 9.47 Å². The molecule has 0 spiro atoms. The Morgan fingerprint density at radius 3 is 2.60 bits per heavy atom. The average molecular weight is 280 g/mol. The van der Waals surface area contributed by atoms with Crippen molar-refractivity contribution < 1.29 is 19.5 Å². The van der Waals surface area contributed by atoms with Gasteiger partial charge >= 0.3 is 0 Å². The lowest BCUT2D eigenvalue weighted by Crippen LogP contribution is -3.16. The molecule has 1 heterocycles. The lowest BCUT2D eigenvalue weighted by atomic mass is 10.2. The summed E-state index contributed by atoms with van der Waals surface area (Å²) < 4.78 is 11.4. The van der Waals surface area contributed by atoms with Crippen molar-refractivity contribution in [1.82, 2.24) is 0 Å². The Bertz CT molecular complexity index is 414. The van der Waals surface area contributed by atoms with Crippen LogP contribution in [0.15, 0.2) is 24.3 Å². The first-order valence-electron chi connectivity index (χ1n) is 7.40. The number of benzene rings is 1.